The first-order valence-electron chi connectivity index (χ1n) is 20.7. The van der Waals surface area contributed by atoms with Crippen molar-refractivity contribution in [2.75, 3.05) is 62.7 Å². The van der Waals surface area contributed by atoms with Crippen molar-refractivity contribution in [3.8, 4) is 11.5 Å². The molecule has 0 atom stereocenters. The number of piperazine rings is 1. The number of nitrogens with zero attached hydrogens (tertiary/aromatic N) is 4. The van der Waals surface area contributed by atoms with Gasteiger partial charge in [-0.15, -0.1) is 0 Å². The summed E-state index contributed by atoms with van der Waals surface area (Å²) in [5, 5.41) is 25.0. The lowest BCUT2D eigenvalue weighted by Crippen LogP contribution is -2.47. The molecule has 3 heterocycles. The van der Waals surface area contributed by atoms with Crippen LogP contribution in [0.5, 0.6) is 11.5 Å². The fourth-order valence-corrected chi connectivity index (χ4v) is 9.80. The Balaban J connectivity index is 1.19. The Morgan fingerprint density at radius 2 is 1.77 bits per heavy atom. The highest BCUT2D eigenvalue weighted by molar-refractivity contribution is 7.90. The number of benzene rings is 4. The molecule has 3 N–H and O–H groups in total. The van der Waals surface area contributed by atoms with E-state index < -0.39 is 37.2 Å². The number of anilines is 2. The van der Waals surface area contributed by atoms with E-state index >= 15 is 0 Å². The number of nitro benzene ring substituents is 1. The van der Waals surface area contributed by atoms with Crippen molar-refractivity contribution in [2.45, 2.75) is 50.8 Å². The zero-order chi connectivity index (χ0) is 42.7. The van der Waals surface area contributed by atoms with Gasteiger partial charge in [0, 0.05) is 63.1 Å². The zero-order valence-electron chi connectivity index (χ0n) is 34.3. The molecule has 320 valence electrons. The number of carbonyl (C=O) groups excluding carboxylic acids is 1. The van der Waals surface area contributed by atoms with E-state index in [1.54, 1.807) is 36.4 Å². The molecule has 0 radical (unpaired) electrons. The number of H-pyrrole nitrogens is 1. The highest BCUT2D eigenvalue weighted by Crippen LogP contribution is 2.50. The third-order valence-electron chi connectivity index (χ3n) is 12.0. The van der Waals surface area contributed by atoms with E-state index in [0.717, 1.165) is 38.6 Å². The Morgan fingerprint density at radius 3 is 2.49 bits per heavy atom. The number of aromatic nitrogens is 2. The second-order valence-corrected chi connectivity index (χ2v) is 18.9. The lowest BCUT2D eigenvalue weighted by atomic mass is 9.72. The van der Waals surface area contributed by atoms with Gasteiger partial charge in [-0.2, -0.15) is 5.10 Å². The molecule has 8 rings (SSSR count). The number of nitrogens with one attached hydrogen (secondary N) is 3. The van der Waals surface area contributed by atoms with Crippen LogP contribution in [0.2, 0.25) is 5.02 Å². The molecule has 5 aromatic rings. The quantitative estimate of drug-likeness (QED) is 0.0764. The highest BCUT2D eigenvalue weighted by atomic mass is 35.5. The summed E-state index contributed by atoms with van der Waals surface area (Å²) in [5.74, 6) is -1.10. The van der Waals surface area contributed by atoms with Gasteiger partial charge in [0.05, 0.1) is 27.7 Å². The summed E-state index contributed by atoms with van der Waals surface area (Å²) in [6.45, 7) is 9.12. The fraction of sp³-hybridized carbons (Fsp3) is 0.378. The summed E-state index contributed by atoms with van der Waals surface area (Å²) in [7, 11) is -4.79. The molecule has 0 saturated carbocycles. The zero-order valence-corrected chi connectivity index (χ0v) is 35.9. The average Bonchev–Trinajstić information content (AvgIpc) is 3.75. The number of allylic oxidation sites excluding steroid dienone is 1. The number of amides is 1. The van der Waals surface area contributed by atoms with Crippen LogP contribution in [0, 0.1) is 21.4 Å². The van der Waals surface area contributed by atoms with Crippen LogP contribution in [0.3, 0.4) is 0 Å². The second-order valence-electron chi connectivity index (χ2n) is 16.8. The van der Waals surface area contributed by atoms with E-state index in [0.29, 0.717) is 67.6 Å². The maximum Gasteiger partial charge on any atom is 0.338 e. The van der Waals surface area contributed by atoms with Gasteiger partial charge >= 0.3 is 5.69 Å². The van der Waals surface area contributed by atoms with Crippen LogP contribution in [0.15, 0.2) is 95.5 Å². The number of carbonyl (C=O) groups is 1. The van der Waals surface area contributed by atoms with Crippen molar-refractivity contribution in [3.05, 3.63) is 117 Å². The molecule has 1 aromatic heterocycles. The number of fused-ring (bicyclic) bond motifs is 1. The number of rotatable bonds is 13. The number of halogens is 1. The van der Waals surface area contributed by atoms with Gasteiger partial charge in [0.1, 0.15) is 16.3 Å². The number of sulfonamides is 1. The van der Waals surface area contributed by atoms with Gasteiger partial charge < -0.3 is 19.7 Å². The third kappa shape index (κ3) is 9.55. The van der Waals surface area contributed by atoms with Gasteiger partial charge in [0.25, 0.3) is 15.9 Å². The smallest absolute Gasteiger partial charge is 0.338 e. The van der Waals surface area contributed by atoms with E-state index in [4.69, 9.17) is 21.1 Å². The standard InChI is InChI=1S/C45H50ClN7O7S/c1-45(2)18-15-33(35(26-45)31-11-13-34(46)14-12-31)29-51-19-21-52(22-20-51)38-25-40(61(57,58)50-44(54)32-7-4-3-5-8-32)43(60-39-10-6-9-37-36(39)28-48-49-37)42(53(55)56)41(38)47-27-30-16-23-59-24-17-30/h3-14,25,28,30,47H,15-24,26-27,29H2,1-2H3,(H,48,49)(H,50,54). The molecule has 0 spiro atoms. The molecular weight excluding hydrogens is 818 g/mol. The number of aromatic amines is 1. The first-order valence-corrected chi connectivity index (χ1v) is 22.5. The molecular formula is C45H50ClN7O7S. The molecule has 1 aliphatic carbocycles. The summed E-state index contributed by atoms with van der Waals surface area (Å²) in [5.41, 5.74) is 4.70. The second kappa shape index (κ2) is 17.9. The van der Waals surface area contributed by atoms with Crippen molar-refractivity contribution in [3.63, 3.8) is 0 Å². The summed E-state index contributed by atoms with van der Waals surface area (Å²) in [6.07, 6.45) is 6.04. The van der Waals surface area contributed by atoms with Crippen molar-refractivity contribution in [1.29, 1.82) is 0 Å². The minimum Gasteiger partial charge on any atom is -0.448 e. The summed E-state index contributed by atoms with van der Waals surface area (Å²) in [4.78, 5) is 30.1. The molecule has 4 aromatic carbocycles. The Bertz CT molecular complexity index is 2550. The first kappa shape index (κ1) is 42.2. The third-order valence-corrected chi connectivity index (χ3v) is 13.6. The van der Waals surface area contributed by atoms with Crippen molar-refractivity contribution >= 4 is 61.1 Å². The van der Waals surface area contributed by atoms with Gasteiger partial charge in [-0.3, -0.25) is 24.9 Å². The SMILES string of the molecule is CC1(C)CCC(CN2CCN(c3cc(S(=O)(=O)NC(=O)c4ccccc4)c(Oc4cccc5[nH]ncc45)c([N+](=O)[O-])c3NCC3CCOCC3)CC2)=C(c2ccc(Cl)cc2)C1. The Kier molecular flexibility index (Phi) is 12.4. The molecule has 2 saturated heterocycles. The lowest BCUT2D eigenvalue weighted by Gasteiger charge is -2.40. The predicted molar refractivity (Wildman–Crippen MR) is 237 cm³/mol. The van der Waals surface area contributed by atoms with E-state index in [1.165, 1.54) is 41.1 Å². The fourth-order valence-electron chi connectivity index (χ4n) is 8.55. The summed E-state index contributed by atoms with van der Waals surface area (Å²) < 4.78 is 43.2. The molecule has 61 heavy (non-hydrogen) atoms. The van der Waals surface area contributed by atoms with Crippen LogP contribution in [-0.2, 0) is 14.8 Å². The lowest BCUT2D eigenvalue weighted by molar-refractivity contribution is -0.384. The molecule has 0 unspecified atom stereocenters. The van der Waals surface area contributed by atoms with Crippen molar-refractivity contribution < 1.29 is 27.6 Å². The van der Waals surface area contributed by atoms with Crippen LogP contribution >= 0.6 is 11.6 Å². The number of ether oxygens (including phenoxy) is 2. The van der Waals surface area contributed by atoms with Crippen LogP contribution < -0.4 is 19.7 Å². The van der Waals surface area contributed by atoms with Crippen LogP contribution in [0.1, 0.15) is 61.9 Å². The van der Waals surface area contributed by atoms with E-state index in [1.807, 2.05) is 17.0 Å². The van der Waals surface area contributed by atoms with Crippen LogP contribution in [-0.4, -0.2) is 86.8 Å². The highest BCUT2D eigenvalue weighted by Gasteiger charge is 2.38. The largest absolute Gasteiger partial charge is 0.448 e. The topological polar surface area (TPSA) is 172 Å². The van der Waals surface area contributed by atoms with E-state index in [9.17, 15) is 23.3 Å². The normalized spacial score (nSPS) is 17.7. The van der Waals surface area contributed by atoms with Crippen LogP contribution in [0.25, 0.3) is 16.5 Å². The maximum absolute atomic E-state index is 14.5. The first-order chi connectivity index (χ1) is 29.3. The molecule has 2 fully saturated rings. The Hall–Kier alpha value is -5.48. The van der Waals surface area contributed by atoms with E-state index in [2.05, 4.69) is 51.1 Å². The predicted octanol–water partition coefficient (Wildman–Crippen LogP) is 8.66. The molecule has 3 aliphatic rings. The summed E-state index contributed by atoms with van der Waals surface area (Å²) >= 11 is 6.27. The van der Waals surface area contributed by atoms with Gasteiger partial charge in [0.2, 0.25) is 5.75 Å². The Labute approximate surface area is 360 Å². The van der Waals surface area contributed by atoms with Crippen molar-refractivity contribution in [1.82, 2.24) is 19.8 Å². The van der Waals surface area contributed by atoms with Gasteiger partial charge in [-0.05, 0) is 97.0 Å². The van der Waals surface area contributed by atoms with Gasteiger partial charge in [-0.1, -0.05) is 67.4 Å². The average molecular weight is 868 g/mol. The number of hydrogen-bond donors (Lipinski definition) is 3. The molecule has 16 heteroatoms. The maximum atomic E-state index is 14.5. The number of nitro groups is 1. The minimum absolute atomic E-state index is 0.105. The van der Waals surface area contributed by atoms with Crippen molar-refractivity contribution in [2.24, 2.45) is 11.3 Å². The molecule has 2 aliphatic heterocycles. The number of hydrogen-bond acceptors (Lipinski definition) is 11. The molecule has 0 bridgehead atoms. The van der Waals surface area contributed by atoms with Crippen LogP contribution in [0.4, 0.5) is 17.1 Å². The molecule has 14 nitrogen and oxygen atoms in total. The Morgan fingerprint density at radius 1 is 1.03 bits per heavy atom. The monoisotopic (exact) mass is 867 g/mol. The molecule has 1 amide bonds. The minimum atomic E-state index is -4.79. The summed E-state index contributed by atoms with van der Waals surface area (Å²) in [6, 6.07) is 22.4. The van der Waals surface area contributed by atoms with Gasteiger partial charge in [-0.25, -0.2) is 13.1 Å². The van der Waals surface area contributed by atoms with E-state index in [-0.39, 0.29) is 28.3 Å². The van der Waals surface area contributed by atoms with Gasteiger partial charge in [0.15, 0.2) is 0 Å².